The Bertz CT molecular complexity index is 650. The molecule has 0 radical (unpaired) electrons. The van der Waals surface area contributed by atoms with Crippen LogP contribution in [-0.4, -0.2) is 27.4 Å². The summed E-state index contributed by atoms with van der Waals surface area (Å²) < 4.78 is 1.91. The largest absolute Gasteiger partial charge is 0.481 e. The first-order valence-electron chi connectivity index (χ1n) is 7.24. The van der Waals surface area contributed by atoms with Crippen LogP contribution in [0.2, 0.25) is 0 Å². The van der Waals surface area contributed by atoms with Crippen molar-refractivity contribution in [1.29, 1.82) is 0 Å². The number of nitrogens with zero attached hydrogens (tertiary/aromatic N) is 3. The van der Waals surface area contributed by atoms with E-state index in [4.69, 9.17) is 5.11 Å². The van der Waals surface area contributed by atoms with E-state index in [-0.39, 0.29) is 12.3 Å². The third-order valence-electron chi connectivity index (χ3n) is 3.96. The fourth-order valence-electron chi connectivity index (χ4n) is 3.00. The highest BCUT2D eigenvalue weighted by molar-refractivity contribution is 5.71. The maximum absolute atomic E-state index is 11.0. The van der Waals surface area contributed by atoms with E-state index in [1.807, 2.05) is 35.3 Å². The van der Waals surface area contributed by atoms with Crippen LogP contribution in [0, 0.1) is 0 Å². The van der Waals surface area contributed by atoms with Crippen molar-refractivity contribution in [2.24, 2.45) is 0 Å². The van der Waals surface area contributed by atoms with Crippen molar-refractivity contribution < 1.29 is 9.90 Å². The molecular weight excluding hydrogens is 266 g/mol. The number of aromatic nitrogens is 2. The molecule has 0 saturated carbocycles. The van der Waals surface area contributed by atoms with E-state index in [0.717, 1.165) is 36.4 Å². The summed E-state index contributed by atoms with van der Waals surface area (Å²) >= 11 is 0. The summed E-state index contributed by atoms with van der Waals surface area (Å²) in [7, 11) is 0. The zero-order chi connectivity index (χ0) is 14.8. The highest BCUT2D eigenvalue weighted by Crippen LogP contribution is 2.38. The van der Waals surface area contributed by atoms with Crippen molar-refractivity contribution in [1.82, 2.24) is 9.78 Å². The molecule has 2 heterocycles. The van der Waals surface area contributed by atoms with Gasteiger partial charge in [-0.1, -0.05) is 18.2 Å². The molecular formula is C16H19N3O2. The number of hydrogen-bond donors (Lipinski definition) is 1. The molecule has 3 rings (SSSR count). The van der Waals surface area contributed by atoms with Gasteiger partial charge in [0.2, 0.25) is 0 Å². The Balaban J connectivity index is 1.82. The van der Waals surface area contributed by atoms with E-state index in [0.29, 0.717) is 0 Å². The van der Waals surface area contributed by atoms with Crippen LogP contribution in [0.25, 0.3) is 0 Å². The van der Waals surface area contributed by atoms with E-state index in [9.17, 15) is 4.79 Å². The van der Waals surface area contributed by atoms with E-state index in [1.165, 1.54) is 0 Å². The second-order valence-corrected chi connectivity index (χ2v) is 5.44. The normalized spacial score (nSPS) is 17.0. The summed E-state index contributed by atoms with van der Waals surface area (Å²) in [6.45, 7) is 4.44. The molecule has 5 nitrogen and oxygen atoms in total. The van der Waals surface area contributed by atoms with Gasteiger partial charge in [0.15, 0.2) is 0 Å². The third-order valence-corrected chi connectivity index (χ3v) is 3.96. The van der Waals surface area contributed by atoms with Crippen LogP contribution in [-0.2, 0) is 17.9 Å². The third kappa shape index (κ3) is 2.77. The number of carboxylic acid groups (broad SMARTS) is 1. The maximum atomic E-state index is 11.0. The summed E-state index contributed by atoms with van der Waals surface area (Å²) in [5.74, 6) is -0.671. The fraction of sp³-hybridized carbons (Fsp3) is 0.375. The van der Waals surface area contributed by atoms with Gasteiger partial charge in [-0.05, 0) is 18.6 Å². The molecule has 0 amide bonds. The van der Waals surface area contributed by atoms with Crippen molar-refractivity contribution in [3.8, 4) is 0 Å². The van der Waals surface area contributed by atoms with Crippen LogP contribution in [0.1, 0.15) is 30.4 Å². The van der Waals surface area contributed by atoms with Crippen molar-refractivity contribution in [3.63, 3.8) is 0 Å². The van der Waals surface area contributed by atoms with Gasteiger partial charge in [-0.15, -0.1) is 0 Å². The van der Waals surface area contributed by atoms with Crippen molar-refractivity contribution in [3.05, 3.63) is 47.8 Å². The average molecular weight is 285 g/mol. The number of fused-ring (bicyclic) bond motifs is 1. The monoisotopic (exact) mass is 285 g/mol. The van der Waals surface area contributed by atoms with Gasteiger partial charge in [0.1, 0.15) is 0 Å². The van der Waals surface area contributed by atoms with Gasteiger partial charge in [0.25, 0.3) is 0 Å². The minimum Gasteiger partial charge on any atom is -0.481 e. The smallest absolute Gasteiger partial charge is 0.304 e. The Hall–Kier alpha value is -2.30. The van der Waals surface area contributed by atoms with Crippen molar-refractivity contribution in [2.45, 2.75) is 32.4 Å². The van der Waals surface area contributed by atoms with E-state index < -0.39 is 5.97 Å². The molecule has 0 fully saturated rings. The molecule has 1 N–H and O–H groups in total. The lowest BCUT2D eigenvalue weighted by Gasteiger charge is -2.18. The summed E-state index contributed by atoms with van der Waals surface area (Å²) in [5.41, 5.74) is 3.44. The van der Waals surface area contributed by atoms with Crippen LogP contribution in [0.5, 0.6) is 0 Å². The van der Waals surface area contributed by atoms with E-state index in [2.05, 4.69) is 23.0 Å². The first-order chi connectivity index (χ1) is 10.2. The van der Waals surface area contributed by atoms with Crippen LogP contribution in [0.15, 0.2) is 36.7 Å². The summed E-state index contributed by atoms with van der Waals surface area (Å²) in [4.78, 5) is 13.3. The van der Waals surface area contributed by atoms with Crippen LogP contribution in [0.4, 0.5) is 5.69 Å². The quantitative estimate of drug-likeness (QED) is 0.917. The van der Waals surface area contributed by atoms with Crippen LogP contribution < -0.4 is 4.90 Å². The van der Waals surface area contributed by atoms with Gasteiger partial charge < -0.3 is 10.0 Å². The summed E-state index contributed by atoms with van der Waals surface area (Å²) in [5, 5.41) is 13.4. The number of carbonyl (C=O) groups is 1. The first kappa shape index (κ1) is 13.7. The van der Waals surface area contributed by atoms with Gasteiger partial charge in [0, 0.05) is 43.0 Å². The van der Waals surface area contributed by atoms with Gasteiger partial charge in [-0.2, -0.15) is 5.10 Å². The number of para-hydroxylation sites is 1. The Kier molecular flexibility index (Phi) is 3.64. The summed E-state index contributed by atoms with van der Waals surface area (Å²) in [6, 6.07) is 8.09. The SMILES string of the molecule is CCn1cc(CN2CC(CC(=O)O)c3ccccc32)cn1. The number of aryl methyl sites for hydroxylation is 1. The molecule has 110 valence electrons. The van der Waals surface area contributed by atoms with Crippen molar-refractivity contribution >= 4 is 11.7 Å². The lowest BCUT2D eigenvalue weighted by atomic mass is 9.98. The predicted octanol–water partition coefficient (Wildman–Crippen LogP) is 2.48. The Morgan fingerprint density at radius 2 is 2.24 bits per heavy atom. The number of aliphatic carboxylic acids is 1. The molecule has 5 heteroatoms. The van der Waals surface area contributed by atoms with Crippen LogP contribution >= 0.6 is 0 Å². The second kappa shape index (κ2) is 5.60. The molecule has 1 aliphatic heterocycles. The zero-order valence-electron chi connectivity index (χ0n) is 12.1. The summed E-state index contributed by atoms with van der Waals surface area (Å²) in [6.07, 6.45) is 4.12. The Morgan fingerprint density at radius 3 is 2.95 bits per heavy atom. The van der Waals surface area contributed by atoms with Gasteiger partial charge >= 0.3 is 5.97 Å². The standard InChI is InChI=1S/C16H19N3O2/c1-2-19-10-12(8-17-19)9-18-11-13(7-16(20)21)14-5-3-4-6-15(14)18/h3-6,8,10,13H,2,7,9,11H2,1H3,(H,20,21). The highest BCUT2D eigenvalue weighted by atomic mass is 16.4. The average Bonchev–Trinajstić information content (AvgIpc) is 3.05. The molecule has 0 saturated heterocycles. The van der Waals surface area contributed by atoms with E-state index in [1.54, 1.807) is 0 Å². The van der Waals surface area contributed by atoms with E-state index >= 15 is 0 Å². The molecule has 1 aliphatic rings. The molecule has 1 atom stereocenters. The molecule has 0 bridgehead atoms. The molecule has 1 aromatic carbocycles. The lowest BCUT2D eigenvalue weighted by molar-refractivity contribution is -0.137. The number of anilines is 1. The number of rotatable bonds is 5. The number of benzene rings is 1. The fourth-order valence-corrected chi connectivity index (χ4v) is 3.00. The lowest BCUT2D eigenvalue weighted by Crippen LogP contribution is -2.21. The molecule has 1 aromatic heterocycles. The predicted molar refractivity (Wildman–Crippen MR) is 80.4 cm³/mol. The molecule has 2 aromatic rings. The zero-order valence-corrected chi connectivity index (χ0v) is 12.1. The Labute approximate surface area is 123 Å². The number of carboxylic acids is 1. The highest BCUT2D eigenvalue weighted by Gasteiger charge is 2.29. The number of hydrogen-bond acceptors (Lipinski definition) is 3. The topological polar surface area (TPSA) is 58.4 Å². The second-order valence-electron chi connectivity index (χ2n) is 5.44. The van der Waals surface area contributed by atoms with Gasteiger partial charge in [-0.25, -0.2) is 0 Å². The molecule has 0 spiro atoms. The minimum atomic E-state index is -0.740. The maximum Gasteiger partial charge on any atom is 0.304 e. The molecule has 0 aliphatic carbocycles. The van der Waals surface area contributed by atoms with Gasteiger partial charge in [-0.3, -0.25) is 9.48 Å². The minimum absolute atomic E-state index is 0.0694. The Morgan fingerprint density at radius 1 is 1.43 bits per heavy atom. The van der Waals surface area contributed by atoms with Crippen molar-refractivity contribution in [2.75, 3.05) is 11.4 Å². The first-order valence-corrected chi connectivity index (χ1v) is 7.24. The molecule has 1 unspecified atom stereocenters. The van der Waals surface area contributed by atoms with Crippen LogP contribution in [0.3, 0.4) is 0 Å². The van der Waals surface area contributed by atoms with Gasteiger partial charge in [0.05, 0.1) is 12.6 Å². The molecule has 21 heavy (non-hydrogen) atoms.